The molecular formula is C16H13ClN2O2. The van der Waals surface area contributed by atoms with Crippen LogP contribution in [-0.4, -0.2) is 17.3 Å². The number of halogens is 1. The molecule has 0 aliphatic heterocycles. The predicted molar refractivity (Wildman–Crippen MR) is 81.9 cm³/mol. The van der Waals surface area contributed by atoms with E-state index in [0.717, 1.165) is 28.0 Å². The van der Waals surface area contributed by atoms with E-state index in [4.69, 9.17) is 21.1 Å². The van der Waals surface area contributed by atoms with Crippen LogP contribution < -0.4 is 9.47 Å². The monoisotopic (exact) mass is 300 g/mol. The minimum atomic E-state index is 0.330. The average molecular weight is 301 g/mol. The fraction of sp³-hybridized carbons (Fsp3) is 0.125. The van der Waals surface area contributed by atoms with E-state index in [9.17, 15) is 0 Å². The van der Waals surface area contributed by atoms with Gasteiger partial charge in [0.15, 0.2) is 5.15 Å². The molecule has 0 bridgehead atoms. The molecule has 0 atom stereocenters. The standard InChI is InChI=1S/C16H13ClN2O2/c1-20-12-7-8-13-14(9-12)16(17)19-18-15(13)10-21-11-5-3-2-4-6-11/h2-9H,10H2,1H3. The molecule has 21 heavy (non-hydrogen) atoms. The Morgan fingerprint density at radius 1 is 0.952 bits per heavy atom. The first-order valence-corrected chi connectivity index (χ1v) is 6.82. The number of aromatic nitrogens is 2. The molecule has 0 saturated heterocycles. The lowest BCUT2D eigenvalue weighted by Crippen LogP contribution is -2.01. The van der Waals surface area contributed by atoms with E-state index in [1.807, 2.05) is 48.5 Å². The summed E-state index contributed by atoms with van der Waals surface area (Å²) in [6, 6.07) is 15.2. The second-order valence-electron chi connectivity index (χ2n) is 4.45. The fourth-order valence-corrected chi connectivity index (χ4v) is 2.25. The highest BCUT2D eigenvalue weighted by atomic mass is 35.5. The number of methoxy groups -OCH3 is 1. The number of hydrogen-bond acceptors (Lipinski definition) is 4. The molecule has 0 amide bonds. The summed E-state index contributed by atoms with van der Waals surface area (Å²) < 4.78 is 10.9. The van der Waals surface area contributed by atoms with Gasteiger partial charge in [-0.2, -0.15) is 0 Å². The van der Waals surface area contributed by atoms with Crippen molar-refractivity contribution in [2.75, 3.05) is 7.11 Å². The third kappa shape index (κ3) is 2.90. The Kier molecular flexibility index (Phi) is 3.88. The van der Waals surface area contributed by atoms with Gasteiger partial charge in [0.25, 0.3) is 0 Å². The van der Waals surface area contributed by atoms with Crippen molar-refractivity contribution in [2.24, 2.45) is 0 Å². The summed E-state index contributed by atoms with van der Waals surface area (Å²) in [7, 11) is 1.61. The van der Waals surface area contributed by atoms with E-state index < -0.39 is 0 Å². The van der Waals surface area contributed by atoms with Crippen LogP contribution in [0.15, 0.2) is 48.5 Å². The Bertz CT molecular complexity index is 763. The van der Waals surface area contributed by atoms with Crippen molar-refractivity contribution in [1.29, 1.82) is 0 Å². The van der Waals surface area contributed by atoms with Crippen molar-refractivity contribution in [2.45, 2.75) is 6.61 Å². The zero-order valence-electron chi connectivity index (χ0n) is 11.4. The molecule has 0 aliphatic rings. The summed E-state index contributed by atoms with van der Waals surface area (Å²) in [6.07, 6.45) is 0. The highest BCUT2D eigenvalue weighted by molar-refractivity contribution is 6.34. The Morgan fingerprint density at radius 3 is 2.52 bits per heavy atom. The van der Waals surface area contributed by atoms with Gasteiger partial charge in [-0.25, -0.2) is 0 Å². The third-order valence-electron chi connectivity index (χ3n) is 3.14. The number of rotatable bonds is 4. The summed E-state index contributed by atoms with van der Waals surface area (Å²) >= 11 is 6.11. The topological polar surface area (TPSA) is 44.2 Å². The first-order chi connectivity index (χ1) is 10.3. The third-order valence-corrected chi connectivity index (χ3v) is 3.42. The van der Waals surface area contributed by atoms with Crippen LogP contribution in [0.3, 0.4) is 0 Å². The van der Waals surface area contributed by atoms with Gasteiger partial charge < -0.3 is 9.47 Å². The summed E-state index contributed by atoms with van der Waals surface area (Å²) in [5.41, 5.74) is 0.737. The minimum absolute atomic E-state index is 0.330. The van der Waals surface area contributed by atoms with Gasteiger partial charge in [-0.3, -0.25) is 0 Å². The molecule has 5 heteroatoms. The molecule has 1 heterocycles. The van der Waals surface area contributed by atoms with E-state index in [0.29, 0.717) is 11.8 Å². The van der Waals surface area contributed by atoms with E-state index in [1.165, 1.54) is 0 Å². The largest absolute Gasteiger partial charge is 0.497 e. The molecule has 3 aromatic rings. The maximum absolute atomic E-state index is 6.11. The van der Waals surface area contributed by atoms with Crippen LogP contribution >= 0.6 is 11.6 Å². The van der Waals surface area contributed by atoms with Gasteiger partial charge in [-0.05, 0) is 30.3 Å². The average Bonchev–Trinajstić information content (AvgIpc) is 2.55. The number of hydrogen-bond donors (Lipinski definition) is 0. The number of para-hydroxylation sites is 1. The van der Waals surface area contributed by atoms with Gasteiger partial charge in [0.2, 0.25) is 0 Å². The quantitative estimate of drug-likeness (QED) is 0.733. The zero-order chi connectivity index (χ0) is 14.7. The lowest BCUT2D eigenvalue weighted by atomic mass is 10.1. The molecule has 0 fully saturated rings. The van der Waals surface area contributed by atoms with Crippen LogP contribution in [-0.2, 0) is 6.61 Å². The van der Waals surface area contributed by atoms with Crippen molar-refractivity contribution in [1.82, 2.24) is 10.2 Å². The lowest BCUT2D eigenvalue weighted by molar-refractivity contribution is 0.301. The van der Waals surface area contributed by atoms with Crippen LogP contribution in [0.25, 0.3) is 10.8 Å². The van der Waals surface area contributed by atoms with Gasteiger partial charge in [0.05, 0.1) is 7.11 Å². The highest BCUT2D eigenvalue weighted by Crippen LogP contribution is 2.27. The van der Waals surface area contributed by atoms with E-state index in [1.54, 1.807) is 7.11 Å². The molecule has 0 radical (unpaired) electrons. The second-order valence-corrected chi connectivity index (χ2v) is 4.81. The van der Waals surface area contributed by atoms with E-state index in [2.05, 4.69) is 10.2 Å². The molecule has 3 rings (SSSR count). The van der Waals surface area contributed by atoms with Gasteiger partial charge in [-0.15, -0.1) is 10.2 Å². The van der Waals surface area contributed by atoms with E-state index >= 15 is 0 Å². The second kappa shape index (κ2) is 5.97. The fourth-order valence-electron chi connectivity index (χ4n) is 2.06. The molecule has 106 valence electrons. The summed E-state index contributed by atoms with van der Waals surface area (Å²) in [4.78, 5) is 0. The van der Waals surface area contributed by atoms with Crippen LogP contribution in [0.1, 0.15) is 5.69 Å². The summed E-state index contributed by atoms with van der Waals surface area (Å²) in [5, 5.41) is 10.2. The number of nitrogens with zero attached hydrogens (tertiary/aromatic N) is 2. The normalized spacial score (nSPS) is 10.6. The van der Waals surface area contributed by atoms with Crippen molar-refractivity contribution >= 4 is 22.4 Å². The van der Waals surface area contributed by atoms with Gasteiger partial charge in [-0.1, -0.05) is 29.8 Å². The molecule has 1 aromatic heterocycles. The molecule has 0 spiro atoms. The Labute approximate surface area is 127 Å². The molecule has 2 aromatic carbocycles. The molecule has 4 nitrogen and oxygen atoms in total. The number of fused-ring (bicyclic) bond motifs is 1. The maximum Gasteiger partial charge on any atom is 0.159 e. The summed E-state index contributed by atoms with van der Waals surface area (Å²) in [5.74, 6) is 1.52. The first-order valence-electron chi connectivity index (χ1n) is 6.44. The Hall–Kier alpha value is -2.33. The maximum atomic E-state index is 6.11. The molecule has 0 unspecified atom stereocenters. The molecular weight excluding hydrogens is 288 g/mol. The van der Waals surface area contributed by atoms with E-state index in [-0.39, 0.29) is 0 Å². The predicted octanol–water partition coefficient (Wildman–Crippen LogP) is 3.87. The van der Waals surface area contributed by atoms with Crippen molar-refractivity contribution in [3.8, 4) is 11.5 Å². The van der Waals surface area contributed by atoms with Crippen molar-refractivity contribution in [3.05, 3.63) is 59.4 Å². The Morgan fingerprint density at radius 2 is 1.76 bits per heavy atom. The van der Waals surface area contributed by atoms with Gasteiger partial charge in [0, 0.05) is 10.8 Å². The minimum Gasteiger partial charge on any atom is -0.497 e. The zero-order valence-corrected chi connectivity index (χ0v) is 12.2. The number of benzene rings is 2. The van der Waals surface area contributed by atoms with Crippen LogP contribution in [0.4, 0.5) is 0 Å². The SMILES string of the molecule is COc1ccc2c(COc3ccccc3)nnc(Cl)c2c1. The van der Waals surface area contributed by atoms with Crippen LogP contribution in [0.2, 0.25) is 5.15 Å². The molecule has 0 N–H and O–H groups in total. The highest BCUT2D eigenvalue weighted by Gasteiger charge is 2.09. The molecule has 0 saturated carbocycles. The molecule has 0 aliphatic carbocycles. The first kappa shape index (κ1) is 13.6. The van der Waals surface area contributed by atoms with Crippen LogP contribution in [0, 0.1) is 0 Å². The smallest absolute Gasteiger partial charge is 0.159 e. The van der Waals surface area contributed by atoms with Gasteiger partial charge in [0.1, 0.15) is 23.8 Å². The van der Waals surface area contributed by atoms with Crippen molar-refractivity contribution < 1.29 is 9.47 Å². The van der Waals surface area contributed by atoms with Crippen molar-refractivity contribution in [3.63, 3.8) is 0 Å². The lowest BCUT2D eigenvalue weighted by Gasteiger charge is -2.09. The summed E-state index contributed by atoms with van der Waals surface area (Å²) in [6.45, 7) is 0.330. The number of ether oxygens (including phenoxy) is 2. The van der Waals surface area contributed by atoms with Crippen LogP contribution in [0.5, 0.6) is 11.5 Å². The Balaban J connectivity index is 1.94. The van der Waals surface area contributed by atoms with Gasteiger partial charge >= 0.3 is 0 Å².